The van der Waals surface area contributed by atoms with E-state index in [2.05, 4.69) is 10.2 Å². The standard InChI is InChI=1S/C11H15N3O2/c1-2-16-11(15)9-5-4-8-14(9)10-6-3-7-12-13-10/h3,6-7,9H,2,4-5,8H2,1H3. The van der Waals surface area contributed by atoms with E-state index >= 15 is 0 Å². The molecule has 2 rings (SSSR count). The zero-order valence-corrected chi connectivity index (χ0v) is 9.30. The van der Waals surface area contributed by atoms with Crippen molar-refractivity contribution < 1.29 is 9.53 Å². The summed E-state index contributed by atoms with van der Waals surface area (Å²) in [5.41, 5.74) is 0. The van der Waals surface area contributed by atoms with Crippen molar-refractivity contribution in [2.75, 3.05) is 18.1 Å². The molecule has 86 valence electrons. The van der Waals surface area contributed by atoms with Gasteiger partial charge in [0.15, 0.2) is 5.82 Å². The van der Waals surface area contributed by atoms with E-state index in [-0.39, 0.29) is 12.0 Å². The van der Waals surface area contributed by atoms with E-state index in [0.29, 0.717) is 6.61 Å². The van der Waals surface area contributed by atoms with Crippen molar-refractivity contribution >= 4 is 11.8 Å². The SMILES string of the molecule is CCOC(=O)C1CCCN1c1cccnn1. The Morgan fingerprint density at radius 1 is 1.69 bits per heavy atom. The largest absolute Gasteiger partial charge is 0.464 e. The second-order valence-corrected chi connectivity index (χ2v) is 3.69. The van der Waals surface area contributed by atoms with E-state index in [1.165, 1.54) is 0 Å². The molecule has 1 fully saturated rings. The Bertz CT molecular complexity index is 356. The molecule has 1 atom stereocenters. The first-order valence-electron chi connectivity index (χ1n) is 5.54. The van der Waals surface area contributed by atoms with Crippen LogP contribution in [0, 0.1) is 0 Å². The molecule has 0 N–H and O–H groups in total. The third-order valence-corrected chi connectivity index (χ3v) is 2.66. The summed E-state index contributed by atoms with van der Waals surface area (Å²) in [7, 11) is 0. The first-order chi connectivity index (χ1) is 7.83. The molecule has 0 saturated carbocycles. The van der Waals surface area contributed by atoms with E-state index in [4.69, 9.17) is 4.74 Å². The Morgan fingerprint density at radius 2 is 2.56 bits per heavy atom. The van der Waals surface area contributed by atoms with Gasteiger partial charge < -0.3 is 9.64 Å². The lowest BCUT2D eigenvalue weighted by molar-refractivity contribution is -0.144. The predicted molar refractivity (Wildman–Crippen MR) is 59.0 cm³/mol. The maximum Gasteiger partial charge on any atom is 0.328 e. The molecule has 0 aromatic carbocycles. The molecular formula is C11H15N3O2. The average molecular weight is 221 g/mol. The van der Waals surface area contributed by atoms with Crippen molar-refractivity contribution in [3.8, 4) is 0 Å². The van der Waals surface area contributed by atoms with Gasteiger partial charge in [-0.1, -0.05) is 0 Å². The molecule has 1 aromatic heterocycles. The van der Waals surface area contributed by atoms with Gasteiger partial charge in [0.05, 0.1) is 6.61 Å². The molecule has 1 unspecified atom stereocenters. The molecule has 0 aliphatic carbocycles. The van der Waals surface area contributed by atoms with Crippen LogP contribution in [0.4, 0.5) is 5.82 Å². The van der Waals surface area contributed by atoms with Gasteiger partial charge in [-0.3, -0.25) is 0 Å². The highest BCUT2D eigenvalue weighted by Crippen LogP contribution is 2.23. The van der Waals surface area contributed by atoms with Gasteiger partial charge in [0, 0.05) is 12.7 Å². The molecule has 0 spiro atoms. The van der Waals surface area contributed by atoms with Crippen molar-refractivity contribution in [1.82, 2.24) is 10.2 Å². The minimum absolute atomic E-state index is 0.161. The zero-order chi connectivity index (χ0) is 11.4. The number of hydrogen-bond donors (Lipinski definition) is 0. The number of ether oxygens (including phenoxy) is 1. The van der Waals surface area contributed by atoms with Crippen LogP contribution in [0.2, 0.25) is 0 Å². The van der Waals surface area contributed by atoms with Crippen LogP contribution in [0.15, 0.2) is 18.3 Å². The maximum absolute atomic E-state index is 11.7. The van der Waals surface area contributed by atoms with Crippen LogP contribution in [0.5, 0.6) is 0 Å². The minimum Gasteiger partial charge on any atom is -0.464 e. The quantitative estimate of drug-likeness (QED) is 0.713. The molecule has 5 nitrogen and oxygen atoms in total. The third-order valence-electron chi connectivity index (χ3n) is 2.66. The third kappa shape index (κ3) is 2.13. The van der Waals surface area contributed by atoms with Crippen LogP contribution in [0.25, 0.3) is 0 Å². The predicted octanol–water partition coefficient (Wildman–Crippen LogP) is 1.01. The first-order valence-corrected chi connectivity index (χ1v) is 5.54. The lowest BCUT2D eigenvalue weighted by Gasteiger charge is -2.23. The highest BCUT2D eigenvalue weighted by Gasteiger charge is 2.32. The van der Waals surface area contributed by atoms with Gasteiger partial charge in [0.1, 0.15) is 6.04 Å². The van der Waals surface area contributed by atoms with E-state index in [0.717, 1.165) is 25.2 Å². The van der Waals surface area contributed by atoms with E-state index in [9.17, 15) is 4.79 Å². The Labute approximate surface area is 94.4 Å². The Morgan fingerprint density at radius 3 is 3.25 bits per heavy atom. The van der Waals surface area contributed by atoms with Crippen molar-refractivity contribution in [3.63, 3.8) is 0 Å². The van der Waals surface area contributed by atoms with Gasteiger partial charge in [0.2, 0.25) is 0 Å². The monoisotopic (exact) mass is 221 g/mol. The van der Waals surface area contributed by atoms with Crippen LogP contribution in [-0.2, 0) is 9.53 Å². The summed E-state index contributed by atoms with van der Waals surface area (Å²) >= 11 is 0. The van der Waals surface area contributed by atoms with Crippen molar-refractivity contribution in [3.05, 3.63) is 18.3 Å². The molecule has 2 heterocycles. The molecule has 1 aliphatic heterocycles. The van der Waals surface area contributed by atoms with Gasteiger partial charge in [-0.25, -0.2) is 4.79 Å². The summed E-state index contributed by atoms with van der Waals surface area (Å²) in [6.07, 6.45) is 3.44. The number of rotatable bonds is 3. The number of carbonyl (C=O) groups is 1. The summed E-state index contributed by atoms with van der Waals surface area (Å²) in [4.78, 5) is 13.7. The number of aromatic nitrogens is 2. The van der Waals surface area contributed by atoms with Crippen molar-refractivity contribution in [2.45, 2.75) is 25.8 Å². The lowest BCUT2D eigenvalue weighted by Crippen LogP contribution is -2.37. The van der Waals surface area contributed by atoms with Crippen molar-refractivity contribution in [2.24, 2.45) is 0 Å². The molecule has 1 aliphatic rings. The fourth-order valence-corrected chi connectivity index (χ4v) is 1.97. The normalized spacial score (nSPS) is 19.8. The van der Waals surface area contributed by atoms with Crippen LogP contribution >= 0.6 is 0 Å². The molecular weight excluding hydrogens is 206 g/mol. The second kappa shape index (κ2) is 4.92. The van der Waals surface area contributed by atoms with Gasteiger partial charge in [0.25, 0.3) is 0 Å². The minimum atomic E-state index is -0.198. The first kappa shape index (κ1) is 10.9. The van der Waals surface area contributed by atoms with Crippen LogP contribution in [0.3, 0.4) is 0 Å². The van der Waals surface area contributed by atoms with Gasteiger partial charge in [-0.05, 0) is 31.9 Å². The van der Waals surface area contributed by atoms with Crippen molar-refractivity contribution in [1.29, 1.82) is 0 Å². The lowest BCUT2D eigenvalue weighted by atomic mass is 10.2. The molecule has 1 saturated heterocycles. The molecule has 0 radical (unpaired) electrons. The fourth-order valence-electron chi connectivity index (χ4n) is 1.97. The van der Waals surface area contributed by atoms with Crippen LogP contribution in [0.1, 0.15) is 19.8 Å². The second-order valence-electron chi connectivity index (χ2n) is 3.69. The number of esters is 1. The summed E-state index contributed by atoms with van der Waals surface area (Å²) in [5, 5.41) is 7.85. The van der Waals surface area contributed by atoms with E-state index < -0.39 is 0 Å². The van der Waals surface area contributed by atoms with Gasteiger partial charge >= 0.3 is 5.97 Å². The number of hydrogen-bond acceptors (Lipinski definition) is 5. The van der Waals surface area contributed by atoms with Crippen LogP contribution < -0.4 is 4.90 Å². The average Bonchev–Trinajstić information content (AvgIpc) is 2.79. The maximum atomic E-state index is 11.7. The summed E-state index contributed by atoms with van der Waals surface area (Å²) in [6, 6.07) is 3.49. The Hall–Kier alpha value is -1.65. The van der Waals surface area contributed by atoms with E-state index in [1.54, 1.807) is 6.20 Å². The highest BCUT2D eigenvalue weighted by atomic mass is 16.5. The van der Waals surface area contributed by atoms with Gasteiger partial charge in [-0.15, -0.1) is 5.10 Å². The Balaban J connectivity index is 2.12. The molecule has 0 amide bonds. The topological polar surface area (TPSA) is 55.3 Å². The summed E-state index contributed by atoms with van der Waals surface area (Å²) in [5.74, 6) is 0.587. The number of nitrogens with zero attached hydrogens (tertiary/aromatic N) is 3. The highest BCUT2D eigenvalue weighted by molar-refractivity contribution is 5.80. The summed E-state index contributed by atoms with van der Waals surface area (Å²) in [6.45, 7) is 3.07. The molecule has 0 bridgehead atoms. The molecule has 16 heavy (non-hydrogen) atoms. The zero-order valence-electron chi connectivity index (χ0n) is 9.30. The van der Waals surface area contributed by atoms with Crippen LogP contribution in [-0.4, -0.2) is 35.4 Å². The molecule has 5 heteroatoms. The molecule has 1 aromatic rings. The Kier molecular flexibility index (Phi) is 3.34. The van der Waals surface area contributed by atoms with Gasteiger partial charge in [-0.2, -0.15) is 5.10 Å². The number of anilines is 1. The number of carbonyl (C=O) groups excluding carboxylic acids is 1. The smallest absolute Gasteiger partial charge is 0.328 e. The fraction of sp³-hybridized carbons (Fsp3) is 0.545. The van der Waals surface area contributed by atoms with E-state index in [1.807, 2.05) is 24.0 Å². The summed E-state index contributed by atoms with van der Waals surface area (Å²) < 4.78 is 5.05.